The van der Waals surface area contributed by atoms with Gasteiger partial charge in [0.15, 0.2) is 0 Å². The number of rotatable bonds is 4. The Kier molecular flexibility index (Phi) is 6.11. The van der Waals surface area contributed by atoms with Gasteiger partial charge in [-0.3, -0.25) is 0 Å². The lowest BCUT2D eigenvalue weighted by Gasteiger charge is -2.22. The standard InChI is InChI=1S/C17H22N2O2/c1-2-15(16-11-7-13-21-16)19-17(20)18-12-6-10-14-8-4-3-5-9-14/h3-5,8-9,15-16H,2,7,11-13H2,1H3,(H2,18,19,20)/t15-,16-/m0/s1. The molecule has 0 bridgehead atoms. The number of carbonyl (C=O) groups excluding carboxylic acids is 1. The molecule has 1 aromatic rings. The van der Waals surface area contributed by atoms with Crippen LogP contribution in [0.2, 0.25) is 0 Å². The van der Waals surface area contributed by atoms with Gasteiger partial charge in [-0.15, -0.1) is 0 Å². The van der Waals surface area contributed by atoms with E-state index in [9.17, 15) is 4.79 Å². The van der Waals surface area contributed by atoms with Gasteiger partial charge in [-0.25, -0.2) is 4.79 Å². The van der Waals surface area contributed by atoms with E-state index in [1.54, 1.807) is 0 Å². The van der Waals surface area contributed by atoms with Crippen molar-refractivity contribution in [2.75, 3.05) is 13.2 Å². The second-order valence-corrected chi connectivity index (χ2v) is 5.06. The van der Waals surface area contributed by atoms with Gasteiger partial charge in [0.25, 0.3) is 0 Å². The Morgan fingerprint density at radius 2 is 2.24 bits per heavy atom. The molecule has 0 unspecified atom stereocenters. The third-order valence-corrected chi connectivity index (χ3v) is 3.51. The van der Waals surface area contributed by atoms with Gasteiger partial charge in [-0.1, -0.05) is 37.0 Å². The van der Waals surface area contributed by atoms with Crippen LogP contribution in [-0.4, -0.2) is 31.3 Å². The maximum Gasteiger partial charge on any atom is 0.315 e. The molecule has 2 atom stereocenters. The fourth-order valence-corrected chi connectivity index (χ4v) is 2.39. The Hall–Kier alpha value is -1.99. The zero-order valence-corrected chi connectivity index (χ0v) is 12.4. The second-order valence-electron chi connectivity index (χ2n) is 5.06. The Morgan fingerprint density at radius 3 is 2.90 bits per heavy atom. The number of hydrogen-bond acceptors (Lipinski definition) is 2. The Bertz CT molecular complexity index is 499. The summed E-state index contributed by atoms with van der Waals surface area (Å²) in [6.45, 7) is 3.19. The molecule has 1 aliphatic heterocycles. The summed E-state index contributed by atoms with van der Waals surface area (Å²) in [5.41, 5.74) is 0.950. The minimum Gasteiger partial charge on any atom is -0.376 e. The molecule has 0 radical (unpaired) electrons. The summed E-state index contributed by atoms with van der Waals surface area (Å²) in [5.74, 6) is 5.95. The van der Waals surface area contributed by atoms with Crippen molar-refractivity contribution in [3.05, 3.63) is 35.9 Å². The van der Waals surface area contributed by atoms with Gasteiger partial charge in [-0.05, 0) is 31.4 Å². The van der Waals surface area contributed by atoms with Gasteiger partial charge in [0, 0.05) is 12.2 Å². The van der Waals surface area contributed by atoms with Crippen LogP contribution in [0.4, 0.5) is 4.79 Å². The van der Waals surface area contributed by atoms with Gasteiger partial charge >= 0.3 is 6.03 Å². The van der Waals surface area contributed by atoms with Crippen molar-refractivity contribution in [3.63, 3.8) is 0 Å². The van der Waals surface area contributed by atoms with E-state index in [1.165, 1.54) is 0 Å². The summed E-state index contributed by atoms with van der Waals surface area (Å²) >= 11 is 0. The van der Waals surface area contributed by atoms with Crippen LogP contribution in [0, 0.1) is 11.8 Å². The van der Waals surface area contributed by atoms with Gasteiger partial charge in [-0.2, -0.15) is 0 Å². The third-order valence-electron chi connectivity index (χ3n) is 3.51. The summed E-state index contributed by atoms with van der Waals surface area (Å²) in [5, 5.41) is 5.73. The summed E-state index contributed by atoms with van der Waals surface area (Å²) in [6.07, 6.45) is 3.11. The maximum absolute atomic E-state index is 11.8. The molecule has 0 aromatic heterocycles. The van der Waals surface area contributed by atoms with Crippen molar-refractivity contribution in [1.82, 2.24) is 10.6 Å². The Labute approximate surface area is 126 Å². The van der Waals surface area contributed by atoms with Crippen LogP contribution in [0.15, 0.2) is 30.3 Å². The molecule has 112 valence electrons. The van der Waals surface area contributed by atoms with Crippen molar-refractivity contribution < 1.29 is 9.53 Å². The fraction of sp³-hybridized carbons (Fsp3) is 0.471. The average Bonchev–Trinajstić information content (AvgIpc) is 3.04. The van der Waals surface area contributed by atoms with Crippen molar-refractivity contribution in [3.8, 4) is 11.8 Å². The molecule has 0 saturated carbocycles. The fourth-order valence-electron chi connectivity index (χ4n) is 2.39. The van der Waals surface area contributed by atoms with Crippen molar-refractivity contribution in [2.24, 2.45) is 0 Å². The molecule has 21 heavy (non-hydrogen) atoms. The Morgan fingerprint density at radius 1 is 1.43 bits per heavy atom. The smallest absolute Gasteiger partial charge is 0.315 e. The quantitative estimate of drug-likeness (QED) is 0.834. The van der Waals surface area contributed by atoms with E-state index in [-0.39, 0.29) is 18.2 Å². The van der Waals surface area contributed by atoms with Crippen molar-refractivity contribution in [1.29, 1.82) is 0 Å². The first-order valence-electron chi connectivity index (χ1n) is 7.49. The molecular weight excluding hydrogens is 264 g/mol. The molecular formula is C17H22N2O2. The number of benzene rings is 1. The van der Waals surface area contributed by atoms with Crippen LogP contribution in [0.3, 0.4) is 0 Å². The molecule has 1 aromatic carbocycles. The minimum absolute atomic E-state index is 0.0783. The van der Waals surface area contributed by atoms with E-state index in [2.05, 4.69) is 29.4 Å². The van der Waals surface area contributed by atoms with Gasteiger partial charge in [0.1, 0.15) is 0 Å². The van der Waals surface area contributed by atoms with E-state index in [1.807, 2.05) is 30.3 Å². The number of urea groups is 1. The SMILES string of the molecule is CC[C@H](NC(=O)NCC#Cc1ccccc1)[C@@H]1CCCO1. The number of ether oxygens (including phenoxy) is 1. The monoisotopic (exact) mass is 286 g/mol. The van der Waals surface area contributed by atoms with Crippen LogP contribution < -0.4 is 10.6 Å². The highest BCUT2D eigenvalue weighted by molar-refractivity contribution is 5.74. The van der Waals surface area contributed by atoms with E-state index >= 15 is 0 Å². The van der Waals surface area contributed by atoms with Crippen LogP contribution in [0.25, 0.3) is 0 Å². The van der Waals surface area contributed by atoms with Crippen molar-refractivity contribution in [2.45, 2.75) is 38.3 Å². The van der Waals surface area contributed by atoms with Gasteiger partial charge in [0.2, 0.25) is 0 Å². The number of hydrogen-bond donors (Lipinski definition) is 2. The predicted molar refractivity (Wildman–Crippen MR) is 82.9 cm³/mol. The van der Waals surface area contributed by atoms with Crippen molar-refractivity contribution >= 4 is 6.03 Å². The molecule has 4 heteroatoms. The topological polar surface area (TPSA) is 50.4 Å². The minimum atomic E-state index is -0.181. The first-order valence-corrected chi connectivity index (χ1v) is 7.49. The molecule has 0 aliphatic carbocycles. The average molecular weight is 286 g/mol. The lowest BCUT2D eigenvalue weighted by atomic mass is 10.1. The molecule has 2 amide bonds. The molecule has 1 saturated heterocycles. The molecule has 2 rings (SSSR count). The number of nitrogens with one attached hydrogen (secondary N) is 2. The Balaban J connectivity index is 1.73. The third kappa shape index (κ3) is 5.13. The lowest BCUT2D eigenvalue weighted by molar-refractivity contribution is 0.0797. The first-order chi connectivity index (χ1) is 10.3. The molecule has 1 heterocycles. The van der Waals surface area contributed by atoms with Crippen LogP contribution in [0.1, 0.15) is 31.7 Å². The van der Waals surface area contributed by atoms with E-state index in [4.69, 9.17) is 4.74 Å². The van der Waals surface area contributed by atoms with Crippen LogP contribution in [-0.2, 0) is 4.74 Å². The summed E-state index contributed by atoms with van der Waals surface area (Å²) < 4.78 is 5.62. The normalized spacial score (nSPS) is 18.4. The largest absolute Gasteiger partial charge is 0.376 e. The molecule has 0 spiro atoms. The van der Waals surface area contributed by atoms with Crippen LogP contribution in [0.5, 0.6) is 0 Å². The zero-order chi connectivity index (χ0) is 14.9. The van der Waals surface area contributed by atoms with E-state index in [0.29, 0.717) is 6.54 Å². The van der Waals surface area contributed by atoms with Gasteiger partial charge < -0.3 is 15.4 Å². The highest BCUT2D eigenvalue weighted by Crippen LogP contribution is 2.17. The molecule has 2 N–H and O–H groups in total. The molecule has 1 aliphatic rings. The summed E-state index contributed by atoms with van der Waals surface area (Å²) in [6, 6.07) is 9.62. The lowest BCUT2D eigenvalue weighted by Crippen LogP contribution is -2.47. The zero-order valence-electron chi connectivity index (χ0n) is 12.4. The molecule has 1 fully saturated rings. The maximum atomic E-state index is 11.8. The summed E-state index contributed by atoms with van der Waals surface area (Å²) in [4.78, 5) is 11.8. The number of carbonyl (C=O) groups is 1. The predicted octanol–water partition coefficient (Wildman–Crippen LogP) is 2.29. The van der Waals surface area contributed by atoms with E-state index < -0.39 is 0 Å². The highest BCUT2D eigenvalue weighted by atomic mass is 16.5. The number of amides is 2. The highest BCUT2D eigenvalue weighted by Gasteiger charge is 2.25. The summed E-state index contributed by atoms with van der Waals surface area (Å²) in [7, 11) is 0. The first kappa shape index (κ1) is 15.4. The molecule has 4 nitrogen and oxygen atoms in total. The van der Waals surface area contributed by atoms with E-state index in [0.717, 1.165) is 31.4 Å². The van der Waals surface area contributed by atoms with Crippen LogP contribution >= 0.6 is 0 Å². The van der Waals surface area contributed by atoms with Gasteiger partial charge in [0.05, 0.1) is 18.7 Å². The second kappa shape index (κ2) is 8.33.